The number of carbonyl (C=O) groups excluding carboxylic acids is 1. The zero-order valence-corrected chi connectivity index (χ0v) is 8.24. The van der Waals surface area contributed by atoms with E-state index in [4.69, 9.17) is 0 Å². The van der Waals surface area contributed by atoms with Crippen molar-refractivity contribution in [2.24, 2.45) is 0 Å². The van der Waals surface area contributed by atoms with Gasteiger partial charge in [-0.15, -0.1) is 0 Å². The fraction of sp³-hybridized carbons (Fsp3) is 0.167. The summed E-state index contributed by atoms with van der Waals surface area (Å²) in [5.41, 5.74) is 2.77. The number of hydrogen-bond acceptors (Lipinski definition) is 2. The summed E-state index contributed by atoms with van der Waals surface area (Å²) < 4.78 is 0. The normalized spacial score (nSPS) is 10.4. The Hall–Kier alpha value is -1.70. The van der Waals surface area contributed by atoms with E-state index in [0.717, 1.165) is 22.0 Å². The summed E-state index contributed by atoms with van der Waals surface area (Å²) in [5, 5.41) is 0.944. The number of carbonyl (C=O) groups is 1. The van der Waals surface area contributed by atoms with Crippen molar-refractivity contribution in [3.05, 3.63) is 41.6 Å². The number of fused-ring (bicyclic) bond motifs is 1. The first kappa shape index (κ1) is 8.88. The first-order valence-electron chi connectivity index (χ1n) is 4.55. The Balaban J connectivity index is 2.88. The molecule has 2 rings (SSSR count). The molecule has 1 aromatic heterocycles. The van der Waals surface area contributed by atoms with E-state index in [-0.39, 0.29) is 5.78 Å². The molecule has 70 valence electrons. The lowest BCUT2D eigenvalue weighted by Crippen LogP contribution is -1.95. The van der Waals surface area contributed by atoms with Gasteiger partial charge in [0.15, 0.2) is 5.78 Å². The van der Waals surface area contributed by atoms with Gasteiger partial charge in [-0.1, -0.05) is 18.2 Å². The summed E-state index contributed by atoms with van der Waals surface area (Å²) in [6.45, 7) is 3.58. The fourth-order valence-electron chi connectivity index (χ4n) is 1.63. The molecule has 0 bridgehead atoms. The van der Waals surface area contributed by atoms with Gasteiger partial charge in [-0.05, 0) is 25.5 Å². The smallest absolute Gasteiger partial charge is 0.160 e. The highest BCUT2D eigenvalue weighted by molar-refractivity contribution is 6.06. The maximum atomic E-state index is 11.3. The summed E-state index contributed by atoms with van der Waals surface area (Å²) >= 11 is 0. The molecular weight excluding hydrogens is 174 g/mol. The predicted molar refractivity (Wildman–Crippen MR) is 56.5 cm³/mol. The molecule has 0 aliphatic rings. The molecule has 0 aliphatic carbocycles. The minimum atomic E-state index is 0.0861. The van der Waals surface area contributed by atoms with E-state index < -0.39 is 0 Å². The second kappa shape index (κ2) is 3.22. The molecule has 14 heavy (non-hydrogen) atoms. The Morgan fingerprint density at radius 1 is 1.29 bits per heavy atom. The standard InChI is InChI=1S/C12H11NO/c1-8-4-3-5-11-10(9(2)14)6-7-13-12(8)11/h3-7H,1-2H3. The van der Waals surface area contributed by atoms with Gasteiger partial charge in [0.05, 0.1) is 5.52 Å². The van der Waals surface area contributed by atoms with Gasteiger partial charge >= 0.3 is 0 Å². The summed E-state index contributed by atoms with van der Waals surface area (Å²) in [6.07, 6.45) is 1.69. The third-order valence-corrected chi connectivity index (χ3v) is 2.35. The SMILES string of the molecule is CC(=O)c1ccnc2c(C)cccc12. The van der Waals surface area contributed by atoms with Crippen LogP contribution in [-0.4, -0.2) is 10.8 Å². The lowest BCUT2D eigenvalue weighted by molar-refractivity contribution is 0.101. The Morgan fingerprint density at radius 3 is 2.79 bits per heavy atom. The molecule has 0 radical (unpaired) electrons. The average Bonchev–Trinajstić information content (AvgIpc) is 2.17. The molecule has 0 saturated heterocycles. The number of benzene rings is 1. The zero-order chi connectivity index (χ0) is 10.1. The maximum absolute atomic E-state index is 11.3. The number of hydrogen-bond donors (Lipinski definition) is 0. The summed E-state index contributed by atoms with van der Waals surface area (Å²) in [7, 11) is 0. The molecule has 0 amide bonds. The van der Waals surface area contributed by atoms with Gasteiger partial charge in [0.2, 0.25) is 0 Å². The van der Waals surface area contributed by atoms with E-state index in [0.29, 0.717) is 0 Å². The minimum Gasteiger partial charge on any atom is -0.294 e. The number of rotatable bonds is 1. The van der Waals surface area contributed by atoms with Crippen LogP contribution < -0.4 is 0 Å². The van der Waals surface area contributed by atoms with E-state index >= 15 is 0 Å². The van der Waals surface area contributed by atoms with Crippen LogP contribution in [0.4, 0.5) is 0 Å². The minimum absolute atomic E-state index is 0.0861. The second-order valence-electron chi connectivity index (χ2n) is 3.39. The van der Waals surface area contributed by atoms with Crippen molar-refractivity contribution >= 4 is 16.7 Å². The first-order valence-corrected chi connectivity index (χ1v) is 4.55. The van der Waals surface area contributed by atoms with Gasteiger partial charge in [0.25, 0.3) is 0 Å². The van der Waals surface area contributed by atoms with Crippen LogP contribution in [0, 0.1) is 6.92 Å². The van der Waals surface area contributed by atoms with Crippen molar-refractivity contribution in [3.8, 4) is 0 Å². The van der Waals surface area contributed by atoms with Crippen LogP contribution in [0.2, 0.25) is 0 Å². The zero-order valence-electron chi connectivity index (χ0n) is 8.24. The second-order valence-corrected chi connectivity index (χ2v) is 3.39. The van der Waals surface area contributed by atoms with Crippen molar-refractivity contribution in [2.75, 3.05) is 0 Å². The van der Waals surface area contributed by atoms with Crippen LogP contribution in [0.5, 0.6) is 0 Å². The van der Waals surface area contributed by atoms with Gasteiger partial charge in [0.1, 0.15) is 0 Å². The number of nitrogens with zero attached hydrogens (tertiary/aromatic N) is 1. The molecule has 1 aromatic carbocycles. The molecule has 0 N–H and O–H groups in total. The van der Waals surface area contributed by atoms with E-state index in [1.807, 2.05) is 25.1 Å². The Morgan fingerprint density at radius 2 is 2.07 bits per heavy atom. The van der Waals surface area contributed by atoms with E-state index in [2.05, 4.69) is 4.98 Å². The number of ketones is 1. The molecule has 0 unspecified atom stereocenters. The molecular formula is C12H11NO. The average molecular weight is 185 g/mol. The van der Waals surface area contributed by atoms with E-state index in [1.54, 1.807) is 19.2 Å². The topological polar surface area (TPSA) is 30.0 Å². The summed E-state index contributed by atoms with van der Waals surface area (Å²) in [4.78, 5) is 15.6. The van der Waals surface area contributed by atoms with Crippen LogP contribution in [0.1, 0.15) is 22.8 Å². The van der Waals surface area contributed by atoms with Gasteiger partial charge in [-0.3, -0.25) is 9.78 Å². The summed E-state index contributed by atoms with van der Waals surface area (Å²) in [5.74, 6) is 0.0861. The molecule has 2 nitrogen and oxygen atoms in total. The number of pyridine rings is 1. The van der Waals surface area contributed by atoms with Crippen LogP contribution in [0.15, 0.2) is 30.5 Å². The van der Waals surface area contributed by atoms with Crippen molar-refractivity contribution in [1.29, 1.82) is 0 Å². The highest BCUT2D eigenvalue weighted by atomic mass is 16.1. The van der Waals surface area contributed by atoms with Crippen LogP contribution in [0.25, 0.3) is 10.9 Å². The van der Waals surface area contributed by atoms with E-state index in [9.17, 15) is 4.79 Å². The van der Waals surface area contributed by atoms with Crippen molar-refractivity contribution < 1.29 is 4.79 Å². The molecule has 2 heteroatoms. The Kier molecular flexibility index (Phi) is 2.04. The largest absolute Gasteiger partial charge is 0.294 e. The van der Waals surface area contributed by atoms with Gasteiger partial charge in [0, 0.05) is 17.1 Å². The monoisotopic (exact) mass is 185 g/mol. The van der Waals surface area contributed by atoms with Crippen molar-refractivity contribution in [3.63, 3.8) is 0 Å². The summed E-state index contributed by atoms with van der Waals surface area (Å²) in [6, 6.07) is 7.65. The maximum Gasteiger partial charge on any atom is 0.160 e. The number of aromatic nitrogens is 1. The van der Waals surface area contributed by atoms with Crippen LogP contribution in [-0.2, 0) is 0 Å². The molecule has 2 aromatic rings. The van der Waals surface area contributed by atoms with Crippen molar-refractivity contribution in [1.82, 2.24) is 4.98 Å². The highest BCUT2D eigenvalue weighted by Crippen LogP contribution is 2.19. The van der Waals surface area contributed by atoms with Crippen molar-refractivity contribution in [2.45, 2.75) is 13.8 Å². The van der Waals surface area contributed by atoms with Gasteiger partial charge in [-0.25, -0.2) is 0 Å². The third-order valence-electron chi connectivity index (χ3n) is 2.35. The number of para-hydroxylation sites is 1. The highest BCUT2D eigenvalue weighted by Gasteiger charge is 2.06. The molecule has 0 atom stereocenters. The Bertz CT molecular complexity index is 503. The number of aryl methyl sites for hydroxylation is 1. The fourth-order valence-corrected chi connectivity index (χ4v) is 1.63. The lowest BCUT2D eigenvalue weighted by Gasteiger charge is -2.04. The molecule has 0 spiro atoms. The molecule has 0 aliphatic heterocycles. The lowest BCUT2D eigenvalue weighted by atomic mass is 10.0. The van der Waals surface area contributed by atoms with Crippen LogP contribution >= 0.6 is 0 Å². The Labute approximate surface area is 82.6 Å². The molecule has 0 saturated carbocycles. The quantitative estimate of drug-likeness (QED) is 0.639. The third kappa shape index (κ3) is 1.29. The first-order chi connectivity index (χ1) is 6.70. The molecule has 0 fully saturated rings. The van der Waals surface area contributed by atoms with Crippen LogP contribution in [0.3, 0.4) is 0 Å². The number of Topliss-reactive ketones (excluding diaryl/α,β-unsaturated/α-hetero) is 1. The molecule has 1 heterocycles. The predicted octanol–water partition coefficient (Wildman–Crippen LogP) is 2.75. The van der Waals surface area contributed by atoms with Gasteiger partial charge in [-0.2, -0.15) is 0 Å². The van der Waals surface area contributed by atoms with Gasteiger partial charge < -0.3 is 0 Å². The van der Waals surface area contributed by atoms with E-state index in [1.165, 1.54) is 0 Å².